The average Bonchev–Trinajstić information content (AvgIpc) is 3.13. The first-order valence-corrected chi connectivity index (χ1v) is 11.5. The molecule has 0 spiro atoms. The molecule has 0 bridgehead atoms. The summed E-state index contributed by atoms with van der Waals surface area (Å²) in [5.41, 5.74) is 0.712. The third kappa shape index (κ3) is 4.63. The van der Waals surface area contributed by atoms with Gasteiger partial charge in [0.2, 0.25) is 15.8 Å². The molecule has 1 aromatic carbocycles. The Balaban J connectivity index is 1.75. The van der Waals surface area contributed by atoms with E-state index in [1.54, 1.807) is 25.1 Å². The number of carbonyl (C=O) groups excluding carboxylic acids is 2. The number of halogens is 1. The second-order valence-electron chi connectivity index (χ2n) is 6.54. The maximum atomic E-state index is 12.8. The van der Waals surface area contributed by atoms with Gasteiger partial charge in [-0.05, 0) is 49.6 Å². The smallest absolute Gasteiger partial charge is 0.338 e. The molecule has 0 amide bonds. The Morgan fingerprint density at radius 3 is 2.50 bits per heavy atom. The van der Waals surface area contributed by atoms with Crippen LogP contribution in [0, 0.1) is 6.92 Å². The number of hydrogen-bond acceptors (Lipinski definition) is 6. The number of rotatable bonds is 6. The van der Waals surface area contributed by atoms with Crippen molar-refractivity contribution < 1.29 is 22.7 Å². The number of ketones is 1. The molecule has 6 nitrogen and oxygen atoms in total. The number of hydrogen-bond donors (Lipinski definition) is 0. The molecule has 0 atom stereocenters. The van der Waals surface area contributed by atoms with Crippen LogP contribution in [0.5, 0.6) is 0 Å². The van der Waals surface area contributed by atoms with Crippen molar-refractivity contribution in [2.45, 2.75) is 31.1 Å². The van der Waals surface area contributed by atoms with Crippen molar-refractivity contribution in [3.8, 4) is 0 Å². The summed E-state index contributed by atoms with van der Waals surface area (Å²) < 4.78 is 32.7. The number of aryl methyl sites for hydroxylation is 1. The van der Waals surface area contributed by atoms with E-state index in [0.717, 1.165) is 30.6 Å². The number of nitrogens with zero attached hydrogens (tertiary/aromatic N) is 1. The van der Waals surface area contributed by atoms with Gasteiger partial charge in [-0.15, -0.1) is 11.3 Å². The summed E-state index contributed by atoms with van der Waals surface area (Å²) in [6.45, 7) is 2.22. The number of benzene rings is 1. The first-order valence-electron chi connectivity index (χ1n) is 8.85. The molecule has 1 aromatic heterocycles. The molecule has 1 aliphatic rings. The van der Waals surface area contributed by atoms with Gasteiger partial charge < -0.3 is 4.74 Å². The van der Waals surface area contributed by atoms with Crippen molar-refractivity contribution in [2.75, 3.05) is 19.7 Å². The van der Waals surface area contributed by atoms with E-state index < -0.39 is 22.6 Å². The molecule has 0 aliphatic carbocycles. The number of Topliss-reactive ketones (excluding diaryl/α,β-unsaturated/α-hetero) is 1. The fourth-order valence-electron chi connectivity index (χ4n) is 2.98. The summed E-state index contributed by atoms with van der Waals surface area (Å²) in [7, 11) is -3.66. The van der Waals surface area contributed by atoms with Crippen molar-refractivity contribution in [3.05, 3.63) is 50.7 Å². The van der Waals surface area contributed by atoms with Crippen LogP contribution in [0.15, 0.2) is 35.2 Å². The fourth-order valence-corrected chi connectivity index (χ4v) is 5.49. The van der Waals surface area contributed by atoms with Crippen LogP contribution < -0.4 is 0 Å². The summed E-state index contributed by atoms with van der Waals surface area (Å²) in [5, 5.41) is 0. The van der Waals surface area contributed by atoms with Gasteiger partial charge in [-0.2, -0.15) is 4.31 Å². The van der Waals surface area contributed by atoms with Crippen LogP contribution in [0.25, 0.3) is 0 Å². The zero-order valence-electron chi connectivity index (χ0n) is 15.3. The first-order chi connectivity index (χ1) is 13.3. The molecule has 2 heterocycles. The van der Waals surface area contributed by atoms with Crippen LogP contribution in [0.4, 0.5) is 0 Å². The van der Waals surface area contributed by atoms with Gasteiger partial charge >= 0.3 is 5.97 Å². The van der Waals surface area contributed by atoms with Crippen molar-refractivity contribution in [1.29, 1.82) is 0 Å². The van der Waals surface area contributed by atoms with E-state index in [0.29, 0.717) is 27.9 Å². The molecule has 0 unspecified atom stereocenters. The molecule has 1 fully saturated rings. The van der Waals surface area contributed by atoms with Crippen molar-refractivity contribution >= 4 is 44.7 Å². The van der Waals surface area contributed by atoms with E-state index in [1.807, 2.05) is 0 Å². The minimum absolute atomic E-state index is 0.0586. The number of esters is 1. The SMILES string of the molecule is Cc1ccc(S(=O)(=O)N2CCCCC2)cc1C(=O)OCC(=O)c1ccc(Cl)s1. The van der Waals surface area contributed by atoms with Gasteiger partial charge in [0.15, 0.2) is 6.61 Å². The topological polar surface area (TPSA) is 80.8 Å². The van der Waals surface area contributed by atoms with Gasteiger partial charge in [0.05, 0.1) is 19.7 Å². The molecule has 1 aliphatic heterocycles. The highest BCUT2D eigenvalue weighted by Gasteiger charge is 2.27. The predicted octanol–water partition coefficient (Wildman–Crippen LogP) is 3.92. The zero-order valence-corrected chi connectivity index (χ0v) is 17.7. The van der Waals surface area contributed by atoms with Crippen LogP contribution in [-0.4, -0.2) is 44.2 Å². The number of ether oxygens (including phenoxy) is 1. The molecular formula is C19H20ClNO5S2. The Hall–Kier alpha value is -1.74. The quantitative estimate of drug-likeness (QED) is 0.501. The van der Waals surface area contributed by atoms with Crippen LogP contribution in [-0.2, 0) is 14.8 Å². The minimum Gasteiger partial charge on any atom is -0.454 e. The third-order valence-corrected chi connectivity index (χ3v) is 7.73. The highest BCUT2D eigenvalue weighted by atomic mass is 35.5. The normalized spacial score (nSPS) is 15.4. The first kappa shape index (κ1) is 21.0. The Labute approximate surface area is 173 Å². The number of piperidine rings is 1. The van der Waals surface area contributed by atoms with Crippen LogP contribution in [0.1, 0.15) is 44.9 Å². The largest absolute Gasteiger partial charge is 0.454 e. The lowest BCUT2D eigenvalue weighted by Gasteiger charge is -2.26. The third-order valence-electron chi connectivity index (χ3n) is 4.56. The lowest BCUT2D eigenvalue weighted by molar-refractivity contribution is 0.0475. The minimum atomic E-state index is -3.66. The van der Waals surface area contributed by atoms with Crippen LogP contribution in [0.2, 0.25) is 4.34 Å². The van der Waals surface area contributed by atoms with Gasteiger partial charge in [-0.25, -0.2) is 13.2 Å². The lowest BCUT2D eigenvalue weighted by atomic mass is 10.1. The molecule has 9 heteroatoms. The molecule has 2 aromatic rings. The number of sulfonamides is 1. The Bertz CT molecular complexity index is 994. The van der Waals surface area contributed by atoms with Crippen molar-refractivity contribution in [2.24, 2.45) is 0 Å². The van der Waals surface area contributed by atoms with Crippen LogP contribution >= 0.6 is 22.9 Å². The molecular weight excluding hydrogens is 422 g/mol. The van der Waals surface area contributed by atoms with E-state index >= 15 is 0 Å². The van der Waals surface area contributed by atoms with Crippen molar-refractivity contribution in [1.82, 2.24) is 4.31 Å². The van der Waals surface area contributed by atoms with E-state index in [1.165, 1.54) is 16.4 Å². The molecule has 1 saturated heterocycles. The molecule has 28 heavy (non-hydrogen) atoms. The molecule has 150 valence electrons. The van der Waals surface area contributed by atoms with E-state index in [4.69, 9.17) is 16.3 Å². The zero-order chi connectivity index (χ0) is 20.3. The van der Waals surface area contributed by atoms with Gasteiger partial charge in [-0.3, -0.25) is 4.79 Å². The number of carbonyl (C=O) groups is 2. The summed E-state index contributed by atoms with van der Waals surface area (Å²) in [4.78, 5) is 25.0. The fraction of sp³-hybridized carbons (Fsp3) is 0.368. The van der Waals surface area contributed by atoms with Gasteiger partial charge in [0.1, 0.15) is 0 Å². The Morgan fingerprint density at radius 2 is 1.86 bits per heavy atom. The Kier molecular flexibility index (Phi) is 6.54. The van der Waals surface area contributed by atoms with Gasteiger partial charge in [-0.1, -0.05) is 24.1 Å². The maximum Gasteiger partial charge on any atom is 0.338 e. The summed E-state index contributed by atoms with van der Waals surface area (Å²) in [6, 6.07) is 7.57. The van der Waals surface area contributed by atoms with Crippen molar-refractivity contribution in [3.63, 3.8) is 0 Å². The molecule has 0 N–H and O–H groups in total. The molecule has 3 rings (SSSR count). The Morgan fingerprint density at radius 1 is 1.14 bits per heavy atom. The van der Waals surface area contributed by atoms with Crippen LogP contribution in [0.3, 0.4) is 0 Å². The van der Waals surface area contributed by atoms with Gasteiger partial charge in [0, 0.05) is 13.1 Å². The maximum absolute atomic E-state index is 12.8. The predicted molar refractivity (Wildman–Crippen MR) is 108 cm³/mol. The molecule has 0 saturated carbocycles. The highest BCUT2D eigenvalue weighted by Crippen LogP contribution is 2.24. The monoisotopic (exact) mass is 441 g/mol. The van der Waals surface area contributed by atoms with Gasteiger partial charge in [0.25, 0.3) is 0 Å². The lowest BCUT2D eigenvalue weighted by Crippen LogP contribution is -2.35. The summed E-state index contributed by atoms with van der Waals surface area (Å²) in [6.07, 6.45) is 2.67. The summed E-state index contributed by atoms with van der Waals surface area (Å²) >= 11 is 6.91. The average molecular weight is 442 g/mol. The molecule has 0 radical (unpaired) electrons. The van der Waals surface area contributed by atoms with E-state index in [-0.39, 0.29) is 16.2 Å². The summed E-state index contributed by atoms with van der Waals surface area (Å²) in [5.74, 6) is -1.09. The number of thiophene rings is 1. The van der Waals surface area contributed by atoms with E-state index in [9.17, 15) is 18.0 Å². The highest BCUT2D eigenvalue weighted by molar-refractivity contribution is 7.89. The van der Waals surface area contributed by atoms with E-state index in [2.05, 4.69) is 0 Å². The standard InChI is InChI=1S/C19H20ClNO5S2/c1-13-5-6-14(28(24,25)21-9-3-2-4-10-21)11-15(13)19(23)26-12-16(22)17-7-8-18(20)27-17/h5-8,11H,2-4,9-10,12H2,1H3. The second-order valence-corrected chi connectivity index (χ2v) is 10.2. The second kappa shape index (κ2) is 8.73.